The molecule has 3 fully saturated rings. The molecule has 3 aliphatic rings. The van der Waals surface area contributed by atoms with Gasteiger partial charge in [0.15, 0.2) is 0 Å². The average Bonchev–Trinajstić information content (AvgIpc) is 2.60. The van der Waals surface area contributed by atoms with Gasteiger partial charge in [0.25, 0.3) is 0 Å². The van der Waals surface area contributed by atoms with Crippen molar-refractivity contribution in [1.82, 2.24) is 0 Å². The molecule has 5 heteroatoms. The molecule has 0 radical (unpaired) electrons. The van der Waals surface area contributed by atoms with Gasteiger partial charge in [-0.1, -0.05) is 57.8 Å². The fraction of sp³-hybridized carbons (Fsp3) is 1.00. The second kappa shape index (κ2) is 17.1. The van der Waals surface area contributed by atoms with Crippen LogP contribution in [0.4, 0.5) is 0 Å². The van der Waals surface area contributed by atoms with E-state index in [9.17, 15) is 0 Å². The standard InChI is InChI=1S/3C6H12O.O.V/c3*7-6-4-2-1-3-5-6;;/h3*6-7H,1-5H2;;. The molecule has 0 unspecified atom stereocenters. The Hall–Kier alpha value is 0.264. The Bertz CT molecular complexity index is 197. The van der Waals surface area contributed by atoms with Crippen molar-refractivity contribution < 1.29 is 36.4 Å². The van der Waals surface area contributed by atoms with Crippen molar-refractivity contribution in [2.45, 2.75) is 115 Å². The average molecular weight is 367 g/mol. The Labute approximate surface area is 151 Å². The monoisotopic (exact) mass is 367 g/mol. The molecule has 4 nitrogen and oxygen atoms in total. The summed E-state index contributed by atoms with van der Waals surface area (Å²) < 4.78 is 8.19. The molecule has 3 rings (SSSR count). The molecule has 137 valence electrons. The predicted octanol–water partition coefficient (Wildman–Crippen LogP) is 3.81. The topological polar surface area (TPSA) is 77.8 Å². The van der Waals surface area contributed by atoms with E-state index < -0.39 is 0 Å². The van der Waals surface area contributed by atoms with E-state index >= 15 is 0 Å². The van der Waals surface area contributed by atoms with Crippen LogP contribution in [0.5, 0.6) is 0 Å². The zero-order valence-electron chi connectivity index (χ0n) is 14.5. The normalized spacial score (nSPS) is 23.2. The summed E-state index contributed by atoms with van der Waals surface area (Å²) in [5, 5.41) is 26.7. The summed E-state index contributed by atoms with van der Waals surface area (Å²) in [6.07, 6.45) is 17.8. The Morgan fingerprint density at radius 3 is 0.696 bits per heavy atom. The third-order valence-electron chi connectivity index (χ3n) is 4.72. The van der Waals surface area contributed by atoms with Crippen molar-refractivity contribution in [2.75, 3.05) is 0 Å². The number of rotatable bonds is 0. The van der Waals surface area contributed by atoms with Gasteiger partial charge in [0.1, 0.15) is 0 Å². The van der Waals surface area contributed by atoms with E-state index in [1.165, 1.54) is 57.8 Å². The van der Waals surface area contributed by atoms with Crippen LogP contribution < -0.4 is 0 Å². The first-order valence-electron chi connectivity index (χ1n) is 9.41. The molecule has 0 heterocycles. The van der Waals surface area contributed by atoms with Crippen LogP contribution in [0.15, 0.2) is 0 Å². The van der Waals surface area contributed by atoms with Crippen molar-refractivity contribution >= 4 is 0 Å². The van der Waals surface area contributed by atoms with E-state index in [0.29, 0.717) is 0 Å². The first kappa shape index (κ1) is 23.3. The van der Waals surface area contributed by atoms with Crippen LogP contribution in [0, 0.1) is 0 Å². The summed E-state index contributed by atoms with van der Waals surface area (Å²) in [4.78, 5) is 0. The molecule has 0 aliphatic heterocycles. The van der Waals surface area contributed by atoms with Crippen LogP contribution in [-0.2, 0) is 21.0 Å². The molecule has 0 spiro atoms. The molecule has 0 atom stereocenters. The molecule has 0 aromatic rings. The van der Waals surface area contributed by atoms with Crippen molar-refractivity contribution in [2.24, 2.45) is 0 Å². The zero-order chi connectivity index (χ0) is 17.3. The third kappa shape index (κ3) is 15.5. The zero-order valence-corrected chi connectivity index (χ0v) is 15.9. The molecule has 0 aromatic heterocycles. The number of aliphatic hydroxyl groups is 3. The fourth-order valence-corrected chi connectivity index (χ4v) is 3.24. The number of hydrogen-bond donors (Lipinski definition) is 3. The second-order valence-electron chi connectivity index (χ2n) is 6.88. The van der Waals surface area contributed by atoms with Crippen molar-refractivity contribution in [1.29, 1.82) is 0 Å². The molecule has 0 aromatic carbocycles. The van der Waals surface area contributed by atoms with Crippen molar-refractivity contribution in [3.05, 3.63) is 0 Å². The van der Waals surface area contributed by atoms with E-state index in [-0.39, 0.29) is 18.3 Å². The molecule has 23 heavy (non-hydrogen) atoms. The van der Waals surface area contributed by atoms with E-state index in [1.807, 2.05) is 0 Å². The Kier molecular flexibility index (Phi) is 17.3. The van der Waals surface area contributed by atoms with Gasteiger partial charge in [-0.2, -0.15) is 0 Å². The molecule has 3 N–H and O–H groups in total. The van der Waals surface area contributed by atoms with Crippen LogP contribution in [0.2, 0.25) is 0 Å². The Morgan fingerprint density at radius 1 is 0.435 bits per heavy atom. The fourth-order valence-electron chi connectivity index (χ4n) is 3.24. The summed E-state index contributed by atoms with van der Waals surface area (Å²) in [6, 6.07) is 0. The minimum absolute atomic E-state index is 0.0359. The Balaban J connectivity index is 0.000000299. The van der Waals surface area contributed by atoms with Crippen molar-refractivity contribution in [3.8, 4) is 0 Å². The summed E-state index contributed by atoms with van der Waals surface area (Å²) in [5.41, 5.74) is 0. The SMILES string of the molecule is OC1CCCCC1.OC1CCCCC1.OC1CCCCC1.[O]=[V]. The molecular weight excluding hydrogens is 331 g/mol. The van der Waals surface area contributed by atoms with Gasteiger partial charge in [-0.25, -0.2) is 0 Å². The van der Waals surface area contributed by atoms with Crippen LogP contribution >= 0.6 is 0 Å². The summed E-state index contributed by atoms with van der Waals surface area (Å²) >= 11 is 1.06. The molecule has 3 aliphatic carbocycles. The minimum atomic E-state index is 0.0359. The first-order chi connectivity index (χ1) is 11.2. The maximum absolute atomic E-state index is 8.91. The van der Waals surface area contributed by atoms with Gasteiger partial charge in [-0.05, 0) is 38.5 Å². The predicted molar refractivity (Wildman–Crippen MR) is 88.0 cm³/mol. The molecular formula is C18H36O4V. The number of hydrogen-bond acceptors (Lipinski definition) is 4. The summed E-state index contributed by atoms with van der Waals surface area (Å²) in [7, 11) is 0. The number of aliphatic hydroxyl groups excluding tert-OH is 3. The van der Waals surface area contributed by atoms with Crippen LogP contribution in [-0.4, -0.2) is 33.6 Å². The van der Waals surface area contributed by atoms with Gasteiger partial charge in [0, 0.05) is 0 Å². The molecule has 0 bridgehead atoms. The van der Waals surface area contributed by atoms with Gasteiger partial charge < -0.3 is 15.3 Å². The molecule has 0 amide bonds. The van der Waals surface area contributed by atoms with Gasteiger partial charge in [0.2, 0.25) is 0 Å². The second-order valence-corrected chi connectivity index (χ2v) is 6.88. The molecule has 0 saturated heterocycles. The van der Waals surface area contributed by atoms with Crippen molar-refractivity contribution in [3.63, 3.8) is 0 Å². The first-order valence-corrected chi connectivity index (χ1v) is 9.98. The van der Waals surface area contributed by atoms with Crippen LogP contribution in [0.1, 0.15) is 96.3 Å². The van der Waals surface area contributed by atoms with Gasteiger partial charge in [0.05, 0.1) is 18.3 Å². The van der Waals surface area contributed by atoms with E-state index in [4.69, 9.17) is 19.0 Å². The summed E-state index contributed by atoms with van der Waals surface area (Å²) in [6.45, 7) is 0. The summed E-state index contributed by atoms with van der Waals surface area (Å²) in [5.74, 6) is 0. The van der Waals surface area contributed by atoms with E-state index in [1.54, 1.807) is 0 Å². The van der Waals surface area contributed by atoms with Crippen LogP contribution in [0.25, 0.3) is 0 Å². The van der Waals surface area contributed by atoms with Gasteiger partial charge in [-0.3, -0.25) is 0 Å². The molecule has 3 saturated carbocycles. The Morgan fingerprint density at radius 2 is 0.609 bits per heavy atom. The quantitative estimate of drug-likeness (QED) is 0.608. The maximum atomic E-state index is 8.91. The van der Waals surface area contributed by atoms with E-state index in [2.05, 4.69) is 0 Å². The van der Waals surface area contributed by atoms with Crippen LogP contribution in [0.3, 0.4) is 0 Å². The van der Waals surface area contributed by atoms with Gasteiger partial charge in [-0.15, -0.1) is 0 Å². The third-order valence-corrected chi connectivity index (χ3v) is 4.72. The van der Waals surface area contributed by atoms with Gasteiger partial charge >= 0.3 is 21.0 Å². The van der Waals surface area contributed by atoms with E-state index in [0.717, 1.165) is 55.9 Å².